The SMILES string of the molecule is CNc1nc(Oc2c(Cl)cccc2[N+](=O)[O-])c(F)cc1F. The Balaban J connectivity index is 2.50. The highest BCUT2D eigenvalue weighted by atomic mass is 35.5. The third-order valence-corrected chi connectivity index (χ3v) is 2.77. The molecule has 0 fully saturated rings. The quantitative estimate of drug-likeness (QED) is 0.686. The number of halogens is 3. The van der Waals surface area contributed by atoms with Crippen LogP contribution in [0.4, 0.5) is 20.3 Å². The van der Waals surface area contributed by atoms with Crippen molar-refractivity contribution in [3.05, 3.63) is 51.0 Å². The van der Waals surface area contributed by atoms with Gasteiger partial charge in [-0.3, -0.25) is 10.1 Å². The summed E-state index contributed by atoms with van der Waals surface area (Å²) in [7, 11) is 1.38. The van der Waals surface area contributed by atoms with Gasteiger partial charge in [0.15, 0.2) is 17.5 Å². The Morgan fingerprint density at radius 1 is 1.38 bits per heavy atom. The fourth-order valence-corrected chi connectivity index (χ4v) is 1.74. The summed E-state index contributed by atoms with van der Waals surface area (Å²) in [5.74, 6) is -3.29. The minimum Gasteiger partial charge on any atom is -0.427 e. The van der Waals surface area contributed by atoms with E-state index in [1.807, 2.05) is 0 Å². The molecule has 9 heteroatoms. The first-order valence-electron chi connectivity index (χ1n) is 5.58. The largest absolute Gasteiger partial charge is 0.427 e. The molecule has 0 saturated heterocycles. The number of nitrogens with zero attached hydrogens (tertiary/aromatic N) is 2. The smallest absolute Gasteiger partial charge is 0.313 e. The zero-order valence-electron chi connectivity index (χ0n) is 10.6. The lowest BCUT2D eigenvalue weighted by Crippen LogP contribution is -2.02. The molecule has 1 aromatic heterocycles. The first-order valence-corrected chi connectivity index (χ1v) is 5.96. The number of hydrogen-bond donors (Lipinski definition) is 1. The highest BCUT2D eigenvalue weighted by molar-refractivity contribution is 6.32. The van der Waals surface area contributed by atoms with Crippen molar-refractivity contribution < 1.29 is 18.4 Å². The second-order valence-corrected chi connectivity index (χ2v) is 4.21. The Morgan fingerprint density at radius 3 is 2.71 bits per heavy atom. The van der Waals surface area contributed by atoms with Crippen LogP contribution in [0.2, 0.25) is 5.02 Å². The van der Waals surface area contributed by atoms with Crippen molar-refractivity contribution in [1.29, 1.82) is 0 Å². The first-order chi connectivity index (χ1) is 9.93. The van der Waals surface area contributed by atoms with E-state index >= 15 is 0 Å². The van der Waals surface area contributed by atoms with Gasteiger partial charge >= 0.3 is 5.69 Å². The Hall–Kier alpha value is -2.48. The van der Waals surface area contributed by atoms with Gasteiger partial charge < -0.3 is 10.1 Å². The van der Waals surface area contributed by atoms with Crippen LogP contribution in [-0.2, 0) is 0 Å². The number of pyridine rings is 1. The molecular formula is C12H8ClF2N3O3. The number of nitrogens with one attached hydrogen (secondary N) is 1. The van der Waals surface area contributed by atoms with Crippen LogP contribution in [0.25, 0.3) is 0 Å². The molecule has 0 aliphatic rings. The van der Waals surface area contributed by atoms with E-state index in [0.717, 1.165) is 6.07 Å². The maximum Gasteiger partial charge on any atom is 0.313 e. The number of ether oxygens (including phenoxy) is 1. The molecule has 0 radical (unpaired) electrons. The van der Waals surface area contributed by atoms with Gasteiger partial charge in [0, 0.05) is 19.2 Å². The summed E-state index contributed by atoms with van der Waals surface area (Å²) < 4.78 is 32.0. The average molecular weight is 316 g/mol. The van der Waals surface area contributed by atoms with Gasteiger partial charge in [0.05, 0.1) is 9.95 Å². The van der Waals surface area contributed by atoms with Crippen molar-refractivity contribution in [2.24, 2.45) is 0 Å². The van der Waals surface area contributed by atoms with Crippen molar-refractivity contribution >= 4 is 23.1 Å². The molecule has 21 heavy (non-hydrogen) atoms. The molecular weight excluding hydrogens is 308 g/mol. The molecule has 2 rings (SSSR count). The van der Waals surface area contributed by atoms with Crippen LogP contribution in [0, 0.1) is 21.7 Å². The van der Waals surface area contributed by atoms with Gasteiger partial charge in [-0.05, 0) is 6.07 Å². The normalized spacial score (nSPS) is 10.3. The van der Waals surface area contributed by atoms with Crippen molar-refractivity contribution in [2.45, 2.75) is 0 Å². The second-order valence-electron chi connectivity index (χ2n) is 3.80. The number of benzene rings is 1. The van der Waals surface area contributed by atoms with Crippen LogP contribution in [-0.4, -0.2) is 17.0 Å². The Labute approximate surface area is 122 Å². The number of hydrogen-bond acceptors (Lipinski definition) is 5. The van der Waals surface area contributed by atoms with Crippen molar-refractivity contribution in [2.75, 3.05) is 12.4 Å². The number of anilines is 1. The van der Waals surface area contributed by atoms with E-state index in [9.17, 15) is 18.9 Å². The monoisotopic (exact) mass is 315 g/mol. The summed E-state index contributed by atoms with van der Waals surface area (Å²) in [6.45, 7) is 0. The van der Waals surface area contributed by atoms with Crippen LogP contribution in [0.1, 0.15) is 0 Å². The van der Waals surface area contributed by atoms with E-state index in [0.29, 0.717) is 6.07 Å². The minimum atomic E-state index is -1.11. The molecule has 0 amide bonds. The van der Waals surface area contributed by atoms with Crippen LogP contribution < -0.4 is 10.1 Å². The van der Waals surface area contributed by atoms with Gasteiger partial charge in [0.25, 0.3) is 5.88 Å². The lowest BCUT2D eigenvalue weighted by molar-refractivity contribution is -0.385. The van der Waals surface area contributed by atoms with Crippen molar-refractivity contribution in [3.8, 4) is 11.6 Å². The molecule has 0 unspecified atom stereocenters. The average Bonchev–Trinajstić information content (AvgIpc) is 2.43. The predicted octanol–water partition coefficient (Wildman–Crippen LogP) is 3.76. The van der Waals surface area contributed by atoms with E-state index < -0.39 is 28.1 Å². The zero-order valence-corrected chi connectivity index (χ0v) is 11.3. The third kappa shape index (κ3) is 3.00. The number of nitro benzene ring substituents is 1. The van der Waals surface area contributed by atoms with Gasteiger partial charge in [-0.2, -0.15) is 4.98 Å². The standard InChI is InChI=1S/C12H8ClF2N3O3/c1-16-11-7(14)5-8(15)12(17-11)21-10-6(13)3-2-4-9(10)18(19)20/h2-5H,1H3,(H,16,17). The van der Waals surface area contributed by atoms with E-state index in [4.69, 9.17) is 16.3 Å². The van der Waals surface area contributed by atoms with Crippen molar-refractivity contribution in [3.63, 3.8) is 0 Å². The molecule has 0 spiro atoms. The molecule has 0 aliphatic heterocycles. The van der Waals surface area contributed by atoms with Gasteiger partial charge in [-0.1, -0.05) is 17.7 Å². The summed E-state index contributed by atoms with van der Waals surface area (Å²) in [5.41, 5.74) is -0.459. The lowest BCUT2D eigenvalue weighted by atomic mass is 10.3. The highest BCUT2D eigenvalue weighted by Crippen LogP contribution is 2.38. The van der Waals surface area contributed by atoms with Gasteiger partial charge in [0.1, 0.15) is 0 Å². The molecule has 0 saturated carbocycles. The van der Waals surface area contributed by atoms with Crippen LogP contribution in [0.3, 0.4) is 0 Å². The van der Waals surface area contributed by atoms with Crippen LogP contribution in [0.15, 0.2) is 24.3 Å². The summed E-state index contributed by atoms with van der Waals surface area (Å²) in [6.07, 6.45) is 0. The molecule has 6 nitrogen and oxygen atoms in total. The molecule has 0 atom stereocenters. The van der Waals surface area contributed by atoms with E-state index in [-0.39, 0.29) is 16.6 Å². The van der Waals surface area contributed by atoms with Crippen LogP contribution >= 0.6 is 11.6 Å². The molecule has 1 N–H and O–H groups in total. The molecule has 0 bridgehead atoms. The molecule has 0 aliphatic carbocycles. The third-order valence-electron chi connectivity index (χ3n) is 2.48. The van der Waals surface area contributed by atoms with E-state index in [1.54, 1.807) is 0 Å². The zero-order chi connectivity index (χ0) is 15.6. The second kappa shape index (κ2) is 5.88. The Bertz CT molecular complexity index is 712. The summed E-state index contributed by atoms with van der Waals surface area (Å²) >= 11 is 5.81. The lowest BCUT2D eigenvalue weighted by Gasteiger charge is -2.09. The fourth-order valence-electron chi connectivity index (χ4n) is 1.54. The van der Waals surface area contributed by atoms with E-state index in [2.05, 4.69) is 10.3 Å². The van der Waals surface area contributed by atoms with Crippen LogP contribution in [0.5, 0.6) is 11.6 Å². The molecule has 2 aromatic rings. The molecule has 110 valence electrons. The van der Waals surface area contributed by atoms with Gasteiger partial charge in [-0.15, -0.1) is 0 Å². The molecule has 1 aromatic carbocycles. The number of nitro groups is 1. The predicted molar refractivity (Wildman–Crippen MR) is 71.9 cm³/mol. The minimum absolute atomic E-state index is 0.0965. The van der Waals surface area contributed by atoms with Gasteiger partial charge in [-0.25, -0.2) is 8.78 Å². The summed E-state index contributed by atoms with van der Waals surface area (Å²) in [5, 5.41) is 13.2. The summed E-state index contributed by atoms with van der Waals surface area (Å²) in [6, 6.07) is 4.38. The van der Waals surface area contributed by atoms with Gasteiger partial charge in [0.2, 0.25) is 5.75 Å². The first kappa shape index (κ1) is 14.9. The molecule has 1 heterocycles. The Morgan fingerprint density at radius 2 is 2.10 bits per heavy atom. The number of rotatable bonds is 4. The Kier molecular flexibility index (Phi) is 4.18. The number of aromatic nitrogens is 1. The van der Waals surface area contributed by atoms with E-state index in [1.165, 1.54) is 19.2 Å². The maximum absolute atomic E-state index is 13.6. The topological polar surface area (TPSA) is 77.3 Å². The maximum atomic E-state index is 13.6. The highest BCUT2D eigenvalue weighted by Gasteiger charge is 2.22. The van der Waals surface area contributed by atoms with Crippen molar-refractivity contribution in [1.82, 2.24) is 4.98 Å². The number of para-hydroxylation sites is 1. The fraction of sp³-hybridized carbons (Fsp3) is 0.0833. The summed E-state index contributed by atoms with van der Waals surface area (Å²) in [4.78, 5) is 13.7.